The predicted molar refractivity (Wildman–Crippen MR) is 74.9 cm³/mol. The zero-order chi connectivity index (χ0) is 13.4. The predicted octanol–water partition coefficient (Wildman–Crippen LogP) is 1.67. The van der Waals surface area contributed by atoms with E-state index in [9.17, 15) is 8.42 Å². The van der Waals surface area contributed by atoms with Gasteiger partial charge in [-0.3, -0.25) is 0 Å². The van der Waals surface area contributed by atoms with E-state index in [-0.39, 0.29) is 11.8 Å². The lowest BCUT2D eigenvalue weighted by Gasteiger charge is -2.14. The number of rotatable bonds is 8. The number of sulfonamides is 1. The summed E-state index contributed by atoms with van der Waals surface area (Å²) in [5.41, 5.74) is 0.979. The smallest absolute Gasteiger partial charge is 0.212 e. The van der Waals surface area contributed by atoms with Crippen LogP contribution in [0.25, 0.3) is 0 Å². The summed E-state index contributed by atoms with van der Waals surface area (Å²) in [6, 6.07) is 9.39. The standard InChI is InChI=1S/C13H22N2O2S/c1-3-14-10-7-11-18(16,17)15-12(2)13-8-5-4-6-9-13/h4-6,8-9,12,14-15H,3,7,10-11H2,1-2H3. The van der Waals surface area contributed by atoms with Crippen LogP contribution in [-0.4, -0.2) is 27.3 Å². The Bertz CT molecular complexity index is 432. The van der Waals surface area contributed by atoms with E-state index in [0.29, 0.717) is 6.42 Å². The van der Waals surface area contributed by atoms with Crippen molar-refractivity contribution in [1.82, 2.24) is 10.0 Å². The number of nitrogens with one attached hydrogen (secondary N) is 2. The first-order valence-electron chi connectivity index (χ1n) is 6.31. The molecule has 1 atom stereocenters. The van der Waals surface area contributed by atoms with Crippen molar-refractivity contribution in [3.63, 3.8) is 0 Å². The van der Waals surface area contributed by atoms with Gasteiger partial charge in [0.1, 0.15) is 0 Å². The first kappa shape index (κ1) is 15.1. The van der Waals surface area contributed by atoms with Crippen LogP contribution in [0.1, 0.15) is 31.9 Å². The Balaban J connectivity index is 2.45. The van der Waals surface area contributed by atoms with Gasteiger partial charge in [0, 0.05) is 6.04 Å². The molecule has 0 aliphatic rings. The van der Waals surface area contributed by atoms with Gasteiger partial charge in [-0.2, -0.15) is 0 Å². The van der Waals surface area contributed by atoms with E-state index >= 15 is 0 Å². The second-order valence-corrected chi connectivity index (χ2v) is 6.15. The molecule has 1 aromatic carbocycles. The third-order valence-electron chi connectivity index (χ3n) is 2.67. The third-order valence-corrected chi connectivity index (χ3v) is 4.21. The van der Waals surface area contributed by atoms with Crippen molar-refractivity contribution < 1.29 is 8.42 Å². The second kappa shape index (κ2) is 7.51. The largest absolute Gasteiger partial charge is 0.317 e. The van der Waals surface area contributed by atoms with Gasteiger partial charge < -0.3 is 5.32 Å². The SMILES string of the molecule is CCNCCCS(=O)(=O)NC(C)c1ccccc1. The van der Waals surface area contributed by atoms with E-state index in [4.69, 9.17) is 0 Å². The average molecular weight is 270 g/mol. The molecule has 0 aliphatic carbocycles. The first-order chi connectivity index (χ1) is 8.55. The van der Waals surface area contributed by atoms with Gasteiger partial charge >= 0.3 is 0 Å². The lowest BCUT2D eigenvalue weighted by atomic mass is 10.1. The summed E-state index contributed by atoms with van der Waals surface area (Å²) in [5.74, 6) is 0.164. The van der Waals surface area contributed by atoms with Crippen molar-refractivity contribution in [2.45, 2.75) is 26.3 Å². The molecule has 5 heteroatoms. The third kappa shape index (κ3) is 5.62. The van der Waals surface area contributed by atoms with E-state index < -0.39 is 10.0 Å². The Morgan fingerprint density at radius 2 is 1.89 bits per heavy atom. The highest BCUT2D eigenvalue weighted by Crippen LogP contribution is 2.12. The van der Waals surface area contributed by atoms with Crippen molar-refractivity contribution in [3.05, 3.63) is 35.9 Å². The Morgan fingerprint density at radius 3 is 2.50 bits per heavy atom. The summed E-state index contributed by atoms with van der Waals surface area (Å²) < 4.78 is 26.4. The van der Waals surface area contributed by atoms with Crippen LogP contribution in [0, 0.1) is 0 Å². The Labute approximate surface area is 110 Å². The van der Waals surface area contributed by atoms with Gasteiger partial charge in [-0.1, -0.05) is 37.3 Å². The molecule has 0 bridgehead atoms. The molecule has 2 N–H and O–H groups in total. The van der Waals surface area contributed by atoms with Crippen molar-refractivity contribution >= 4 is 10.0 Å². The second-order valence-electron chi connectivity index (χ2n) is 4.28. The van der Waals surface area contributed by atoms with Gasteiger partial charge in [0.2, 0.25) is 10.0 Å². The molecule has 0 aliphatic heterocycles. The molecule has 0 saturated carbocycles. The maximum atomic E-state index is 11.8. The van der Waals surface area contributed by atoms with Gasteiger partial charge in [0.05, 0.1) is 5.75 Å². The molecule has 1 aromatic rings. The fourth-order valence-electron chi connectivity index (χ4n) is 1.70. The molecular formula is C13H22N2O2S. The van der Waals surface area contributed by atoms with Crippen LogP contribution in [-0.2, 0) is 10.0 Å². The summed E-state index contributed by atoms with van der Waals surface area (Å²) in [6.45, 7) is 5.46. The average Bonchev–Trinajstić information content (AvgIpc) is 2.35. The van der Waals surface area contributed by atoms with Crippen LogP contribution in [0.3, 0.4) is 0 Å². The summed E-state index contributed by atoms with van der Waals surface area (Å²) in [7, 11) is -3.20. The van der Waals surface area contributed by atoms with Crippen molar-refractivity contribution in [2.75, 3.05) is 18.8 Å². The molecule has 102 valence electrons. The summed E-state index contributed by atoms with van der Waals surface area (Å²) in [6.07, 6.45) is 0.630. The topological polar surface area (TPSA) is 58.2 Å². The lowest BCUT2D eigenvalue weighted by Crippen LogP contribution is -2.30. The normalized spacial score (nSPS) is 13.4. The highest BCUT2D eigenvalue weighted by molar-refractivity contribution is 7.89. The van der Waals surface area contributed by atoms with Crippen molar-refractivity contribution in [3.8, 4) is 0 Å². The van der Waals surface area contributed by atoms with E-state index in [1.54, 1.807) is 0 Å². The van der Waals surface area contributed by atoms with Crippen molar-refractivity contribution in [1.29, 1.82) is 0 Å². The van der Waals surface area contributed by atoms with E-state index in [1.807, 2.05) is 44.2 Å². The zero-order valence-electron chi connectivity index (χ0n) is 11.0. The number of hydrogen-bond donors (Lipinski definition) is 2. The molecule has 0 fully saturated rings. The van der Waals surface area contributed by atoms with Gasteiger partial charge in [0.25, 0.3) is 0 Å². The molecule has 18 heavy (non-hydrogen) atoms. The van der Waals surface area contributed by atoms with Crippen LogP contribution in [0.2, 0.25) is 0 Å². The number of benzene rings is 1. The fourth-order valence-corrected chi connectivity index (χ4v) is 3.02. The molecule has 0 radical (unpaired) electrons. The minimum Gasteiger partial charge on any atom is -0.317 e. The highest BCUT2D eigenvalue weighted by Gasteiger charge is 2.14. The number of hydrogen-bond acceptors (Lipinski definition) is 3. The fraction of sp³-hybridized carbons (Fsp3) is 0.538. The van der Waals surface area contributed by atoms with Crippen LogP contribution in [0.5, 0.6) is 0 Å². The maximum Gasteiger partial charge on any atom is 0.212 e. The van der Waals surface area contributed by atoms with Crippen LogP contribution in [0.15, 0.2) is 30.3 Å². The lowest BCUT2D eigenvalue weighted by molar-refractivity contribution is 0.562. The minimum absolute atomic E-state index is 0.164. The quantitative estimate of drug-likeness (QED) is 0.706. The van der Waals surface area contributed by atoms with E-state index in [1.165, 1.54) is 0 Å². The van der Waals surface area contributed by atoms with Gasteiger partial charge in [0.15, 0.2) is 0 Å². The molecule has 0 spiro atoms. The Kier molecular flexibility index (Phi) is 6.32. The van der Waals surface area contributed by atoms with Gasteiger partial charge in [-0.05, 0) is 32.0 Å². The van der Waals surface area contributed by atoms with Crippen molar-refractivity contribution in [2.24, 2.45) is 0 Å². The summed E-state index contributed by atoms with van der Waals surface area (Å²) in [5, 5.41) is 3.11. The Hall–Kier alpha value is -0.910. The molecular weight excluding hydrogens is 248 g/mol. The van der Waals surface area contributed by atoms with Gasteiger partial charge in [-0.25, -0.2) is 13.1 Å². The summed E-state index contributed by atoms with van der Waals surface area (Å²) >= 11 is 0. The highest BCUT2D eigenvalue weighted by atomic mass is 32.2. The van der Waals surface area contributed by atoms with Crippen LogP contribution >= 0.6 is 0 Å². The maximum absolute atomic E-state index is 11.8. The summed E-state index contributed by atoms with van der Waals surface area (Å²) in [4.78, 5) is 0. The molecule has 0 saturated heterocycles. The minimum atomic E-state index is -3.20. The monoisotopic (exact) mass is 270 g/mol. The van der Waals surface area contributed by atoms with E-state index in [0.717, 1.165) is 18.7 Å². The Morgan fingerprint density at radius 1 is 1.22 bits per heavy atom. The molecule has 1 rings (SSSR count). The molecule has 0 heterocycles. The van der Waals surface area contributed by atoms with Crippen LogP contribution in [0.4, 0.5) is 0 Å². The molecule has 0 amide bonds. The molecule has 1 unspecified atom stereocenters. The molecule has 0 aromatic heterocycles. The van der Waals surface area contributed by atoms with E-state index in [2.05, 4.69) is 10.0 Å². The first-order valence-corrected chi connectivity index (χ1v) is 7.96. The van der Waals surface area contributed by atoms with Crippen LogP contribution < -0.4 is 10.0 Å². The zero-order valence-corrected chi connectivity index (χ0v) is 11.8. The molecule has 4 nitrogen and oxygen atoms in total. The van der Waals surface area contributed by atoms with Gasteiger partial charge in [-0.15, -0.1) is 0 Å².